The van der Waals surface area contributed by atoms with Gasteiger partial charge in [-0.1, -0.05) is 0 Å². The van der Waals surface area contributed by atoms with Gasteiger partial charge in [-0.15, -0.1) is 0 Å². The number of imidazole rings is 1. The van der Waals surface area contributed by atoms with E-state index in [0.717, 1.165) is 22.9 Å². The molecule has 0 aliphatic heterocycles. The van der Waals surface area contributed by atoms with E-state index in [-0.39, 0.29) is 14.9 Å². The zero-order valence-corrected chi connectivity index (χ0v) is 10.2. The smallest absolute Gasteiger partial charge is 0.417 e. The number of carboxylic acid groups (broad SMARTS) is 1. The fourth-order valence-corrected chi connectivity index (χ4v) is 2.05. The third-order valence-corrected chi connectivity index (χ3v) is 2.85. The highest BCUT2D eigenvalue weighted by atomic mass is 127. The van der Waals surface area contributed by atoms with Crippen LogP contribution in [0.5, 0.6) is 0 Å². The fraction of sp³-hybridized carbons (Fsp3) is 0.111. The molecule has 4 nitrogen and oxygen atoms in total. The Morgan fingerprint density at radius 3 is 2.59 bits per heavy atom. The summed E-state index contributed by atoms with van der Waals surface area (Å²) in [6.07, 6.45) is -2.60. The Morgan fingerprint density at radius 1 is 1.41 bits per heavy atom. The summed E-state index contributed by atoms with van der Waals surface area (Å²) < 4.78 is 38.8. The summed E-state index contributed by atoms with van der Waals surface area (Å²) in [5.41, 5.74) is -0.943. The summed E-state index contributed by atoms with van der Waals surface area (Å²) >= 11 is 1.68. The lowest BCUT2D eigenvalue weighted by Gasteiger charge is -2.07. The first kappa shape index (κ1) is 12.1. The number of carbonyl (C=O) groups is 1. The standard InChI is InChI=1S/C9H4F3IN2O2/c10-9(11,12)4-1-5(13)7-14-6(8(16)17)3-15(7)2-4/h1-3H,(H,16,17). The van der Waals surface area contributed by atoms with Gasteiger partial charge in [0, 0.05) is 12.4 Å². The Hall–Kier alpha value is -1.32. The topological polar surface area (TPSA) is 54.6 Å². The zero-order valence-electron chi connectivity index (χ0n) is 7.99. The van der Waals surface area contributed by atoms with E-state index >= 15 is 0 Å². The van der Waals surface area contributed by atoms with Crippen LogP contribution < -0.4 is 0 Å². The Morgan fingerprint density at radius 2 is 2.06 bits per heavy atom. The van der Waals surface area contributed by atoms with E-state index in [1.807, 2.05) is 0 Å². The van der Waals surface area contributed by atoms with Crippen molar-refractivity contribution in [2.45, 2.75) is 6.18 Å². The van der Waals surface area contributed by atoms with E-state index in [4.69, 9.17) is 5.11 Å². The van der Waals surface area contributed by atoms with Gasteiger partial charge in [-0.05, 0) is 28.7 Å². The van der Waals surface area contributed by atoms with Crippen LogP contribution in [0.2, 0.25) is 0 Å². The van der Waals surface area contributed by atoms with Crippen molar-refractivity contribution >= 4 is 34.2 Å². The highest BCUT2D eigenvalue weighted by molar-refractivity contribution is 14.1. The average Bonchev–Trinajstić information content (AvgIpc) is 2.60. The number of alkyl halides is 3. The fourth-order valence-electron chi connectivity index (χ4n) is 1.31. The Kier molecular flexibility index (Phi) is 2.76. The van der Waals surface area contributed by atoms with Crippen molar-refractivity contribution in [2.24, 2.45) is 0 Å². The SMILES string of the molecule is O=C(O)c1cn2cc(C(F)(F)F)cc(I)c2n1. The molecule has 0 spiro atoms. The number of hydrogen-bond donors (Lipinski definition) is 1. The van der Waals surface area contributed by atoms with Gasteiger partial charge in [-0.25, -0.2) is 9.78 Å². The van der Waals surface area contributed by atoms with Crippen LogP contribution in [-0.4, -0.2) is 20.5 Å². The van der Waals surface area contributed by atoms with Gasteiger partial charge in [0.1, 0.15) is 0 Å². The lowest BCUT2D eigenvalue weighted by molar-refractivity contribution is -0.137. The molecule has 8 heteroatoms. The minimum Gasteiger partial charge on any atom is -0.476 e. The first-order valence-electron chi connectivity index (χ1n) is 4.28. The molecule has 2 rings (SSSR count). The summed E-state index contributed by atoms with van der Waals surface area (Å²) in [7, 11) is 0. The number of hydrogen-bond acceptors (Lipinski definition) is 2. The highest BCUT2D eigenvalue weighted by Gasteiger charge is 2.31. The van der Waals surface area contributed by atoms with E-state index in [1.165, 1.54) is 0 Å². The van der Waals surface area contributed by atoms with Gasteiger partial charge in [-0.2, -0.15) is 13.2 Å². The molecule has 0 radical (unpaired) electrons. The maximum atomic E-state index is 12.5. The Labute approximate surface area is 106 Å². The normalized spacial score (nSPS) is 12.0. The number of rotatable bonds is 1. The van der Waals surface area contributed by atoms with E-state index in [1.54, 1.807) is 22.6 Å². The van der Waals surface area contributed by atoms with E-state index in [0.29, 0.717) is 0 Å². The first-order valence-corrected chi connectivity index (χ1v) is 5.35. The monoisotopic (exact) mass is 356 g/mol. The molecule has 17 heavy (non-hydrogen) atoms. The Bertz CT molecular complexity index is 606. The van der Waals surface area contributed by atoms with Crippen molar-refractivity contribution in [1.29, 1.82) is 0 Å². The van der Waals surface area contributed by atoms with Crippen LogP contribution in [0.1, 0.15) is 16.1 Å². The third kappa shape index (κ3) is 2.21. The molecule has 0 aliphatic carbocycles. The predicted octanol–water partition coefficient (Wildman–Crippen LogP) is 2.66. The predicted molar refractivity (Wildman–Crippen MR) is 59.9 cm³/mol. The van der Waals surface area contributed by atoms with Crippen LogP contribution in [0.3, 0.4) is 0 Å². The number of fused-ring (bicyclic) bond motifs is 1. The largest absolute Gasteiger partial charge is 0.476 e. The maximum absolute atomic E-state index is 12.5. The zero-order chi connectivity index (χ0) is 12.8. The molecule has 0 amide bonds. The van der Waals surface area contributed by atoms with Crippen LogP contribution in [0.25, 0.3) is 5.65 Å². The molecule has 2 heterocycles. The molecule has 2 aromatic heterocycles. The van der Waals surface area contributed by atoms with Crippen molar-refractivity contribution in [1.82, 2.24) is 9.38 Å². The van der Waals surface area contributed by atoms with Crippen LogP contribution in [-0.2, 0) is 6.18 Å². The molecule has 90 valence electrons. The maximum Gasteiger partial charge on any atom is 0.417 e. The van der Waals surface area contributed by atoms with Crippen LogP contribution in [0.4, 0.5) is 13.2 Å². The van der Waals surface area contributed by atoms with Crippen LogP contribution >= 0.6 is 22.6 Å². The molecule has 0 aromatic carbocycles. The van der Waals surface area contributed by atoms with Gasteiger partial charge in [0.2, 0.25) is 0 Å². The summed E-state index contributed by atoms with van der Waals surface area (Å²) in [6, 6.07) is 0.925. The van der Waals surface area contributed by atoms with Crippen molar-refractivity contribution in [3.05, 3.63) is 33.3 Å². The minimum absolute atomic E-state index is 0.191. The third-order valence-electron chi connectivity index (χ3n) is 2.05. The second-order valence-corrected chi connectivity index (χ2v) is 4.40. The average molecular weight is 356 g/mol. The minimum atomic E-state index is -4.47. The van der Waals surface area contributed by atoms with Gasteiger partial charge in [0.05, 0.1) is 9.13 Å². The number of aromatic carboxylic acids is 1. The molecule has 0 bridgehead atoms. The van der Waals surface area contributed by atoms with Gasteiger partial charge in [0.15, 0.2) is 11.3 Å². The van der Waals surface area contributed by atoms with Crippen molar-refractivity contribution in [3.63, 3.8) is 0 Å². The molecular weight excluding hydrogens is 352 g/mol. The molecule has 2 aromatic rings. The number of carboxylic acids is 1. The molecule has 0 saturated heterocycles. The summed E-state index contributed by atoms with van der Waals surface area (Å²) in [6.45, 7) is 0. The molecule has 0 saturated carbocycles. The van der Waals surface area contributed by atoms with Gasteiger partial charge < -0.3 is 9.51 Å². The first-order chi connectivity index (χ1) is 7.79. The lowest BCUT2D eigenvalue weighted by Crippen LogP contribution is -2.07. The summed E-state index contributed by atoms with van der Waals surface area (Å²) in [5, 5.41) is 8.71. The Balaban J connectivity index is 2.69. The molecule has 1 N–H and O–H groups in total. The second kappa shape index (κ2) is 3.86. The van der Waals surface area contributed by atoms with Crippen molar-refractivity contribution in [3.8, 4) is 0 Å². The number of pyridine rings is 1. The molecule has 0 aliphatic rings. The van der Waals surface area contributed by atoms with Crippen molar-refractivity contribution < 1.29 is 23.1 Å². The number of aromatic nitrogens is 2. The van der Waals surface area contributed by atoms with E-state index < -0.39 is 17.7 Å². The summed E-state index contributed by atoms with van der Waals surface area (Å²) in [5.74, 6) is -1.28. The quantitative estimate of drug-likeness (QED) is 0.800. The molecule has 0 fully saturated rings. The van der Waals surface area contributed by atoms with Gasteiger partial charge >= 0.3 is 12.1 Å². The lowest BCUT2D eigenvalue weighted by atomic mass is 10.3. The van der Waals surface area contributed by atoms with E-state index in [2.05, 4.69) is 4.98 Å². The number of nitrogens with zero attached hydrogens (tertiary/aromatic N) is 2. The van der Waals surface area contributed by atoms with Gasteiger partial charge in [-0.3, -0.25) is 0 Å². The van der Waals surface area contributed by atoms with Crippen LogP contribution in [0, 0.1) is 3.57 Å². The molecular formula is C9H4F3IN2O2. The highest BCUT2D eigenvalue weighted by Crippen LogP contribution is 2.31. The summed E-state index contributed by atoms with van der Waals surface area (Å²) in [4.78, 5) is 14.4. The van der Waals surface area contributed by atoms with Crippen molar-refractivity contribution in [2.75, 3.05) is 0 Å². The second-order valence-electron chi connectivity index (χ2n) is 3.24. The molecule has 0 unspecified atom stereocenters. The molecule has 0 atom stereocenters. The number of halogens is 4. The van der Waals surface area contributed by atoms with Crippen LogP contribution in [0.15, 0.2) is 18.5 Å². The van der Waals surface area contributed by atoms with E-state index in [9.17, 15) is 18.0 Å². The van der Waals surface area contributed by atoms with Gasteiger partial charge in [0.25, 0.3) is 0 Å².